The summed E-state index contributed by atoms with van der Waals surface area (Å²) in [5.74, 6) is 1.68. The molecule has 0 fully saturated rings. The second-order valence-electron chi connectivity index (χ2n) is 8.15. The van der Waals surface area contributed by atoms with Gasteiger partial charge < -0.3 is 23.7 Å². The second-order valence-corrected chi connectivity index (χ2v) is 10.3. The number of hydrogen-bond acceptors (Lipinski definition) is 9. The van der Waals surface area contributed by atoms with Crippen LogP contribution < -0.4 is 33.8 Å². The van der Waals surface area contributed by atoms with Crippen molar-refractivity contribution in [1.82, 2.24) is 4.57 Å². The monoisotopic (exact) mass is 650 g/mol. The van der Waals surface area contributed by atoms with Crippen LogP contribution in [-0.2, 0) is 9.53 Å². The van der Waals surface area contributed by atoms with Crippen molar-refractivity contribution in [2.24, 2.45) is 4.99 Å². The number of halogens is 1. The summed E-state index contributed by atoms with van der Waals surface area (Å²) in [6.45, 7) is 3.66. The molecule has 0 spiro atoms. The number of nitrogens with zero attached hydrogens (tertiary/aromatic N) is 2. The van der Waals surface area contributed by atoms with E-state index in [0.29, 0.717) is 43.6 Å². The van der Waals surface area contributed by atoms with Crippen LogP contribution >= 0.6 is 33.9 Å². The molecule has 0 bridgehead atoms. The van der Waals surface area contributed by atoms with E-state index in [2.05, 4.69) is 27.6 Å². The van der Waals surface area contributed by atoms with Crippen LogP contribution in [0.1, 0.15) is 31.0 Å². The number of allylic oxidation sites excluding steroid dienone is 1. The lowest BCUT2D eigenvalue weighted by Crippen LogP contribution is -2.40. The van der Waals surface area contributed by atoms with E-state index in [-0.39, 0.29) is 17.7 Å². The lowest BCUT2D eigenvalue weighted by molar-refractivity contribution is -0.139. The van der Waals surface area contributed by atoms with Crippen LogP contribution in [-0.4, -0.2) is 45.6 Å². The molecule has 1 aliphatic heterocycles. The number of fused-ring (bicyclic) bond motifs is 1. The van der Waals surface area contributed by atoms with Gasteiger partial charge in [-0.2, -0.15) is 0 Å². The van der Waals surface area contributed by atoms with Gasteiger partial charge in [0.15, 0.2) is 16.3 Å². The molecule has 2 heterocycles. The van der Waals surface area contributed by atoms with Crippen LogP contribution in [0.4, 0.5) is 0 Å². The van der Waals surface area contributed by atoms with Gasteiger partial charge in [-0.1, -0.05) is 11.3 Å². The lowest BCUT2D eigenvalue weighted by Gasteiger charge is -2.26. The number of aromatic nitrogens is 1. The van der Waals surface area contributed by atoms with Crippen LogP contribution in [0.3, 0.4) is 0 Å². The summed E-state index contributed by atoms with van der Waals surface area (Å²) in [4.78, 5) is 32.1. The number of hydrogen-bond donors (Lipinski definition) is 0. The number of ether oxygens (including phenoxy) is 5. The van der Waals surface area contributed by atoms with Crippen molar-refractivity contribution >= 4 is 46.0 Å². The molecule has 200 valence electrons. The van der Waals surface area contributed by atoms with Gasteiger partial charge in [-0.15, -0.1) is 0 Å². The minimum absolute atomic E-state index is 0.185. The molecule has 0 saturated heterocycles. The van der Waals surface area contributed by atoms with Crippen LogP contribution in [0.25, 0.3) is 6.08 Å². The van der Waals surface area contributed by atoms with Gasteiger partial charge in [0.1, 0.15) is 17.5 Å². The first-order chi connectivity index (χ1) is 18.3. The van der Waals surface area contributed by atoms with E-state index >= 15 is 0 Å². The summed E-state index contributed by atoms with van der Waals surface area (Å²) in [5.41, 5.74) is 1.82. The van der Waals surface area contributed by atoms with Crippen LogP contribution in [0.2, 0.25) is 0 Å². The third-order valence-electron chi connectivity index (χ3n) is 6.01. The fraction of sp³-hybridized carbons (Fsp3) is 0.296. The molecule has 9 nitrogen and oxygen atoms in total. The average molecular weight is 650 g/mol. The first-order valence-electron chi connectivity index (χ1n) is 11.6. The number of carbonyl (C=O) groups is 1. The quantitative estimate of drug-likeness (QED) is 0.272. The molecular weight excluding hydrogens is 623 g/mol. The molecule has 0 aliphatic carbocycles. The van der Waals surface area contributed by atoms with E-state index in [1.54, 1.807) is 65.5 Å². The van der Waals surface area contributed by atoms with Crippen molar-refractivity contribution in [3.05, 3.63) is 76.0 Å². The van der Waals surface area contributed by atoms with Gasteiger partial charge in [-0.25, -0.2) is 9.79 Å². The zero-order chi connectivity index (χ0) is 27.6. The third kappa shape index (κ3) is 5.04. The molecule has 1 atom stereocenters. The Bertz CT molecular complexity index is 1610. The summed E-state index contributed by atoms with van der Waals surface area (Å²) in [6.07, 6.45) is 1.78. The summed E-state index contributed by atoms with van der Waals surface area (Å²) < 4.78 is 30.1. The van der Waals surface area contributed by atoms with Gasteiger partial charge in [-0.3, -0.25) is 9.36 Å². The molecule has 0 unspecified atom stereocenters. The first-order valence-corrected chi connectivity index (χ1v) is 13.5. The Labute approximate surface area is 237 Å². The number of carbonyl (C=O) groups excluding carboxylic acids is 1. The Morgan fingerprint density at radius 2 is 1.82 bits per heavy atom. The summed E-state index contributed by atoms with van der Waals surface area (Å²) in [5, 5.41) is 0. The Balaban J connectivity index is 1.98. The molecule has 1 aliphatic rings. The topological polar surface area (TPSA) is 97.6 Å². The highest BCUT2D eigenvalue weighted by Gasteiger charge is 2.35. The molecule has 38 heavy (non-hydrogen) atoms. The second kappa shape index (κ2) is 11.6. The smallest absolute Gasteiger partial charge is 0.338 e. The van der Waals surface area contributed by atoms with Crippen molar-refractivity contribution in [3.8, 4) is 23.0 Å². The molecule has 0 saturated carbocycles. The molecule has 0 radical (unpaired) electrons. The molecular formula is C27H27IN2O7S. The van der Waals surface area contributed by atoms with E-state index in [1.807, 2.05) is 6.07 Å². The van der Waals surface area contributed by atoms with Crippen LogP contribution in [0.15, 0.2) is 51.4 Å². The Morgan fingerprint density at radius 1 is 1.08 bits per heavy atom. The number of methoxy groups -OCH3 is 4. The van der Waals surface area contributed by atoms with Gasteiger partial charge in [0.05, 0.1) is 54.4 Å². The van der Waals surface area contributed by atoms with E-state index in [4.69, 9.17) is 23.7 Å². The average Bonchev–Trinajstić information content (AvgIpc) is 3.21. The molecule has 11 heteroatoms. The third-order valence-corrected chi connectivity index (χ3v) is 7.79. The van der Waals surface area contributed by atoms with Crippen molar-refractivity contribution in [2.75, 3.05) is 35.0 Å². The fourth-order valence-corrected chi connectivity index (χ4v) is 6.19. The largest absolute Gasteiger partial charge is 0.497 e. The van der Waals surface area contributed by atoms with E-state index in [0.717, 1.165) is 9.13 Å². The predicted molar refractivity (Wildman–Crippen MR) is 152 cm³/mol. The van der Waals surface area contributed by atoms with Crippen LogP contribution in [0, 0.1) is 3.57 Å². The predicted octanol–water partition coefficient (Wildman–Crippen LogP) is 3.44. The number of thiazole rings is 1. The Hall–Kier alpha value is -3.32. The van der Waals surface area contributed by atoms with E-state index in [1.165, 1.54) is 23.0 Å². The zero-order valence-corrected chi connectivity index (χ0v) is 24.8. The van der Waals surface area contributed by atoms with Gasteiger partial charge in [-0.05, 0) is 72.3 Å². The number of esters is 1. The van der Waals surface area contributed by atoms with Crippen molar-refractivity contribution in [3.63, 3.8) is 0 Å². The van der Waals surface area contributed by atoms with Gasteiger partial charge >= 0.3 is 5.97 Å². The lowest BCUT2D eigenvalue weighted by atomic mass is 9.95. The SMILES string of the molecule is CCOC(=O)C1=C(C)N=c2s/c(=C\c3cc(I)c(OC)c(OC)c3)c(=O)n2[C@@H]1c1ccc(OC)cc1OC. The fourth-order valence-electron chi connectivity index (χ4n) is 4.30. The minimum atomic E-state index is -0.807. The zero-order valence-electron chi connectivity index (χ0n) is 21.8. The van der Waals surface area contributed by atoms with Crippen molar-refractivity contribution in [1.29, 1.82) is 0 Å². The van der Waals surface area contributed by atoms with E-state index < -0.39 is 12.0 Å². The summed E-state index contributed by atoms with van der Waals surface area (Å²) >= 11 is 3.40. The highest BCUT2D eigenvalue weighted by Crippen LogP contribution is 2.38. The first kappa shape index (κ1) is 27.7. The van der Waals surface area contributed by atoms with Gasteiger partial charge in [0.25, 0.3) is 5.56 Å². The summed E-state index contributed by atoms with van der Waals surface area (Å²) in [7, 11) is 6.23. The molecule has 1 aromatic heterocycles. The maximum Gasteiger partial charge on any atom is 0.338 e. The molecule has 0 N–H and O–H groups in total. The molecule has 4 rings (SSSR count). The maximum atomic E-state index is 13.9. The van der Waals surface area contributed by atoms with Gasteiger partial charge in [0.2, 0.25) is 0 Å². The molecule has 0 amide bonds. The van der Waals surface area contributed by atoms with Crippen LogP contribution in [0.5, 0.6) is 23.0 Å². The number of benzene rings is 2. The highest BCUT2D eigenvalue weighted by atomic mass is 127. The normalized spacial score (nSPS) is 15.0. The Morgan fingerprint density at radius 3 is 2.45 bits per heavy atom. The summed E-state index contributed by atoms with van der Waals surface area (Å²) in [6, 6.07) is 8.16. The Kier molecular flexibility index (Phi) is 8.46. The van der Waals surface area contributed by atoms with E-state index in [9.17, 15) is 9.59 Å². The van der Waals surface area contributed by atoms with Crippen molar-refractivity contribution in [2.45, 2.75) is 19.9 Å². The molecule has 3 aromatic rings. The maximum absolute atomic E-state index is 13.9. The number of rotatable bonds is 8. The standard InChI is InChI=1S/C27H27IN2O7S/c1-7-37-26(32)22-14(2)29-27-30(23(22)17-9-8-16(33-3)13-19(17)34-4)25(31)21(38-27)12-15-10-18(28)24(36-6)20(11-15)35-5/h8-13,23H,7H2,1-6H3/b21-12-/t23-/m1/s1. The molecule has 2 aromatic carbocycles. The van der Waals surface area contributed by atoms with Crippen molar-refractivity contribution < 1.29 is 28.5 Å². The minimum Gasteiger partial charge on any atom is -0.497 e. The highest BCUT2D eigenvalue weighted by molar-refractivity contribution is 14.1. The van der Waals surface area contributed by atoms with Gasteiger partial charge in [0, 0.05) is 11.6 Å².